The van der Waals surface area contributed by atoms with Crippen LogP contribution in [0.15, 0.2) is 53.5 Å². The zero-order chi connectivity index (χ0) is 13.0. The molecule has 0 aliphatic rings. The van der Waals surface area contributed by atoms with E-state index in [1.54, 1.807) is 16.7 Å². The predicted octanol–water partition coefficient (Wildman–Crippen LogP) is 1.96. The largest absolute Gasteiger partial charge is 0.311 e. The molecule has 0 aliphatic carbocycles. The van der Waals surface area contributed by atoms with Crippen molar-refractivity contribution in [3.8, 4) is 0 Å². The van der Waals surface area contributed by atoms with Crippen molar-refractivity contribution in [1.29, 1.82) is 0 Å². The first-order chi connectivity index (χ1) is 8.65. The summed E-state index contributed by atoms with van der Waals surface area (Å²) in [5.74, 6) is 0. The first kappa shape index (κ1) is 12.6. The van der Waals surface area contributed by atoms with Gasteiger partial charge in [-0.3, -0.25) is 4.79 Å². The van der Waals surface area contributed by atoms with Gasteiger partial charge in [0.15, 0.2) is 0 Å². The molecule has 3 heteroatoms. The fourth-order valence-electron chi connectivity index (χ4n) is 1.90. The molecule has 1 aromatic heterocycles. The average Bonchev–Trinajstić information content (AvgIpc) is 2.34. The fraction of sp³-hybridized carbons (Fsp3) is 0.267. The molecule has 0 fully saturated rings. The van der Waals surface area contributed by atoms with Gasteiger partial charge in [0.25, 0.3) is 5.56 Å². The van der Waals surface area contributed by atoms with Crippen LogP contribution >= 0.6 is 0 Å². The van der Waals surface area contributed by atoms with Gasteiger partial charge in [0, 0.05) is 18.8 Å². The Balaban J connectivity index is 2.11. The minimum Gasteiger partial charge on any atom is -0.311 e. The highest BCUT2D eigenvalue weighted by molar-refractivity contribution is 5.22. The summed E-state index contributed by atoms with van der Waals surface area (Å²) in [5, 5.41) is 0. The highest BCUT2D eigenvalue weighted by Crippen LogP contribution is 2.07. The lowest BCUT2D eigenvalue weighted by atomic mass is 10.1. The molecule has 0 atom stereocenters. The van der Waals surface area contributed by atoms with Crippen LogP contribution in [0.3, 0.4) is 0 Å². The van der Waals surface area contributed by atoms with E-state index in [2.05, 4.69) is 43.3 Å². The molecule has 0 saturated carbocycles. The van der Waals surface area contributed by atoms with Gasteiger partial charge in [0.1, 0.15) is 0 Å². The minimum atomic E-state index is 0.0369. The number of nitrogens with zero attached hydrogens (tertiary/aromatic N) is 2. The summed E-state index contributed by atoms with van der Waals surface area (Å²) in [6.07, 6.45) is 1.82. The molecule has 94 valence electrons. The van der Waals surface area contributed by atoms with Gasteiger partial charge in [0.05, 0.1) is 6.54 Å². The van der Waals surface area contributed by atoms with Crippen molar-refractivity contribution >= 4 is 0 Å². The molecule has 0 radical (unpaired) electrons. The lowest BCUT2D eigenvalue weighted by Gasteiger charge is -2.10. The van der Waals surface area contributed by atoms with Gasteiger partial charge < -0.3 is 9.47 Å². The summed E-state index contributed by atoms with van der Waals surface area (Å²) in [4.78, 5) is 13.7. The smallest absolute Gasteiger partial charge is 0.250 e. The molecule has 2 aromatic rings. The summed E-state index contributed by atoms with van der Waals surface area (Å²) in [6, 6.07) is 13.6. The van der Waals surface area contributed by atoms with Crippen LogP contribution in [0, 0.1) is 0 Å². The van der Waals surface area contributed by atoms with Crippen LogP contribution in [-0.4, -0.2) is 23.6 Å². The number of benzene rings is 1. The van der Waals surface area contributed by atoms with E-state index in [0.29, 0.717) is 6.54 Å². The van der Waals surface area contributed by atoms with Crippen LogP contribution in [0.5, 0.6) is 0 Å². The van der Waals surface area contributed by atoms with Gasteiger partial charge in [-0.15, -0.1) is 0 Å². The topological polar surface area (TPSA) is 25.2 Å². The van der Waals surface area contributed by atoms with Gasteiger partial charge in [-0.2, -0.15) is 0 Å². The van der Waals surface area contributed by atoms with E-state index in [0.717, 1.165) is 12.1 Å². The second-order valence-electron chi connectivity index (χ2n) is 4.72. The highest BCUT2D eigenvalue weighted by atomic mass is 16.1. The fourth-order valence-corrected chi connectivity index (χ4v) is 1.90. The Hall–Kier alpha value is -1.87. The van der Waals surface area contributed by atoms with E-state index >= 15 is 0 Å². The van der Waals surface area contributed by atoms with E-state index < -0.39 is 0 Å². The molecule has 0 N–H and O–H groups in total. The van der Waals surface area contributed by atoms with Gasteiger partial charge in [-0.25, -0.2) is 0 Å². The Morgan fingerprint density at radius 3 is 2.28 bits per heavy atom. The summed E-state index contributed by atoms with van der Waals surface area (Å²) >= 11 is 0. The van der Waals surface area contributed by atoms with Gasteiger partial charge in [0.2, 0.25) is 0 Å². The van der Waals surface area contributed by atoms with Crippen LogP contribution < -0.4 is 5.56 Å². The predicted molar refractivity (Wildman–Crippen MR) is 73.6 cm³/mol. The summed E-state index contributed by atoms with van der Waals surface area (Å²) < 4.78 is 1.71. The zero-order valence-corrected chi connectivity index (χ0v) is 10.8. The van der Waals surface area contributed by atoms with E-state index in [1.165, 1.54) is 5.56 Å². The third-order valence-corrected chi connectivity index (χ3v) is 2.77. The van der Waals surface area contributed by atoms with Crippen LogP contribution in [-0.2, 0) is 13.1 Å². The molecule has 0 unspecified atom stereocenters. The Morgan fingerprint density at radius 1 is 1.00 bits per heavy atom. The third-order valence-electron chi connectivity index (χ3n) is 2.77. The number of rotatable bonds is 4. The van der Waals surface area contributed by atoms with E-state index in [4.69, 9.17) is 0 Å². The Kier molecular flexibility index (Phi) is 3.95. The molecule has 3 nitrogen and oxygen atoms in total. The van der Waals surface area contributed by atoms with Crippen LogP contribution in [0.1, 0.15) is 11.1 Å². The number of hydrogen-bond donors (Lipinski definition) is 0. The standard InChI is InChI=1S/C15H18N2O/c1-16(2)11-13-6-8-14(9-7-13)12-17-10-4-3-5-15(17)18/h3-10H,11-12H2,1-2H3. The molecule has 0 spiro atoms. The molecular weight excluding hydrogens is 224 g/mol. The van der Waals surface area contributed by atoms with Crippen molar-refractivity contribution in [1.82, 2.24) is 9.47 Å². The zero-order valence-electron chi connectivity index (χ0n) is 10.8. The molecule has 0 saturated heterocycles. The Bertz CT molecular complexity index is 555. The molecule has 18 heavy (non-hydrogen) atoms. The van der Waals surface area contributed by atoms with Gasteiger partial charge in [-0.1, -0.05) is 30.3 Å². The molecule has 0 bridgehead atoms. The first-order valence-corrected chi connectivity index (χ1v) is 6.03. The molecular formula is C15H18N2O. The first-order valence-electron chi connectivity index (χ1n) is 6.03. The number of aromatic nitrogens is 1. The van der Waals surface area contributed by atoms with E-state index in [9.17, 15) is 4.79 Å². The highest BCUT2D eigenvalue weighted by Gasteiger charge is 1.98. The van der Waals surface area contributed by atoms with Crippen LogP contribution in [0.25, 0.3) is 0 Å². The third kappa shape index (κ3) is 3.31. The van der Waals surface area contributed by atoms with Crippen molar-refractivity contribution in [2.75, 3.05) is 14.1 Å². The Morgan fingerprint density at radius 2 is 1.67 bits per heavy atom. The summed E-state index contributed by atoms with van der Waals surface area (Å²) in [6.45, 7) is 1.56. The second kappa shape index (κ2) is 5.65. The van der Waals surface area contributed by atoms with E-state index in [-0.39, 0.29) is 5.56 Å². The van der Waals surface area contributed by atoms with Gasteiger partial charge >= 0.3 is 0 Å². The molecule has 0 amide bonds. The summed E-state index contributed by atoms with van der Waals surface area (Å²) in [7, 11) is 4.11. The number of hydrogen-bond acceptors (Lipinski definition) is 2. The molecule has 1 aromatic carbocycles. The van der Waals surface area contributed by atoms with Crippen molar-refractivity contribution < 1.29 is 0 Å². The van der Waals surface area contributed by atoms with Crippen molar-refractivity contribution in [2.45, 2.75) is 13.1 Å². The summed E-state index contributed by atoms with van der Waals surface area (Å²) in [5.41, 5.74) is 2.46. The monoisotopic (exact) mass is 242 g/mol. The minimum absolute atomic E-state index is 0.0369. The normalized spacial score (nSPS) is 10.8. The quantitative estimate of drug-likeness (QED) is 0.819. The van der Waals surface area contributed by atoms with Crippen LogP contribution in [0.2, 0.25) is 0 Å². The number of pyridine rings is 1. The van der Waals surface area contributed by atoms with Crippen molar-refractivity contribution in [3.05, 3.63) is 70.1 Å². The van der Waals surface area contributed by atoms with Crippen LogP contribution in [0.4, 0.5) is 0 Å². The molecule has 1 heterocycles. The second-order valence-corrected chi connectivity index (χ2v) is 4.72. The average molecular weight is 242 g/mol. The maximum atomic E-state index is 11.6. The van der Waals surface area contributed by atoms with E-state index in [1.807, 2.05) is 12.3 Å². The van der Waals surface area contributed by atoms with Gasteiger partial charge in [-0.05, 0) is 31.3 Å². The van der Waals surface area contributed by atoms with Crippen molar-refractivity contribution in [2.24, 2.45) is 0 Å². The lowest BCUT2D eigenvalue weighted by Crippen LogP contribution is -2.18. The van der Waals surface area contributed by atoms with Crippen molar-refractivity contribution in [3.63, 3.8) is 0 Å². The maximum absolute atomic E-state index is 11.6. The molecule has 2 rings (SSSR count). The Labute approximate surface area is 107 Å². The SMILES string of the molecule is CN(C)Cc1ccc(Cn2ccccc2=O)cc1. The maximum Gasteiger partial charge on any atom is 0.250 e. The molecule has 0 aliphatic heterocycles. The lowest BCUT2D eigenvalue weighted by molar-refractivity contribution is 0.402.